The highest BCUT2D eigenvalue weighted by atomic mass is 16.3. The molecular formula is C14H23N3O. The number of anilines is 1. The first-order chi connectivity index (χ1) is 8.69. The van der Waals surface area contributed by atoms with E-state index in [9.17, 15) is 5.11 Å². The van der Waals surface area contributed by atoms with Crippen molar-refractivity contribution >= 4 is 5.69 Å². The fraction of sp³-hybridized carbons (Fsp3) is 0.571. The normalized spacial score (nSPS) is 18.9. The Morgan fingerprint density at radius 2 is 2.00 bits per heavy atom. The van der Waals surface area contributed by atoms with E-state index in [2.05, 4.69) is 41.0 Å². The molecule has 100 valence electrons. The predicted octanol–water partition coefficient (Wildman–Crippen LogP) is 0.437. The standard InChI is InChI=1S/C14H23N3O/c1-12-3-2-4-13(9-12)17-7-5-16(6-8-17)11-14(18)10-15/h2-4,9,14,18H,5-8,10-11,15H2,1H3. The third-order valence-corrected chi connectivity index (χ3v) is 3.48. The Bertz CT molecular complexity index is 375. The number of hydrogen-bond donors (Lipinski definition) is 2. The number of aliphatic hydroxyl groups excluding tert-OH is 1. The van der Waals surface area contributed by atoms with Crippen LogP contribution in [0.2, 0.25) is 0 Å². The Kier molecular flexibility index (Phi) is 4.58. The minimum absolute atomic E-state index is 0.345. The van der Waals surface area contributed by atoms with Gasteiger partial charge < -0.3 is 15.7 Å². The number of aliphatic hydroxyl groups is 1. The van der Waals surface area contributed by atoms with E-state index in [-0.39, 0.29) is 0 Å². The first-order valence-electron chi connectivity index (χ1n) is 6.61. The van der Waals surface area contributed by atoms with Gasteiger partial charge in [0.05, 0.1) is 6.10 Å². The van der Waals surface area contributed by atoms with Gasteiger partial charge in [0.15, 0.2) is 0 Å². The van der Waals surface area contributed by atoms with Gasteiger partial charge in [0.2, 0.25) is 0 Å². The highest BCUT2D eigenvalue weighted by Crippen LogP contribution is 2.17. The van der Waals surface area contributed by atoms with Gasteiger partial charge in [0, 0.05) is 45.0 Å². The zero-order valence-corrected chi connectivity index (χ0v) is 11.0. The number of β-amino-alcohol motifs (C(OH)–C–C–N with tert-alkyl or cyclic N) is 1. The summed E-state index contributed by atoms with van der Waals surface area (Å²) in [7, 11) is 0. The van der Waals surface area contributed by atoms with Crippen LogP contribution in [0.15, 0.2) is 24.3 Å². The minimum atomic E-state index is -0.393. The van der Waals surface area contributed by atoms with Crippen LogP contribution in [0, 0.1) is 6.92 Å². The lowest BCUT2D eigenvalue weighted by atomic mass is 10.2. The van der Waals surface area contributed by atoms with Crippen molar-refractivity contribution in [3.05, 3.63) is 29.8 Å². The highest BCUT2D eigenvalue weighted by molar-refractivity contribution is 5.48. The fourth-order valence-corrected chi connectivity index (χ4v) is 2.39. The van der Waals surface area contributed by atoms with Crippen LogP contribution in [-0.2, 0) is 0 Å². The maximum atomic E-state index is 9.55. The van der Waals surface area contributed by atoms with Crippen molar-refractivity contribution in [3.8, 4) is 0 Å². The zero-order chi connectivity index (χ0) is 13.0. The van der Waals surface area contributed by atoms with Crippen LogP contribution < -0.4 is 10.6 Å². The monoisotopic (exact) mass is 249 g/mol. The third kappa shape index (κ3) is 3.45. The van der Waals surface area contributed by atoms with Gasteiger partial charge in [0.1, 0.15) is 0 Å². The first-order valence-corrected chi connectivity index (χ1v) is 6.61. The van der Waals surface area contributed by atoms with E-state index in [1.807, 2.05) is 0 Å². The molecule has 0 amide bonds. The van der Waals surface area contributed by atoms with Crippen molar-refractivity contribution < 1.29 is 5.11 Å². The Hall–Kier alpha value is -1.10. The van der Waals surface area contributed by atoms with Gasteiger partial charge in [0.25, 0.3) is 0 Å². The molecule has 0 aromatic heterocycles. The molecule has 1 saturated heterocycles. The van der Waals surface area contributed by atoms with Crippen molar-refractivity contribution in [1.29, 1.82) is 0 Å². The van der Waals surface area contributed by atoms with Crippen LogP contribution in [0.25, 0.3) is 0 Å². The van der Waals surface area contributed by atoms with Gasteiger partial charge in [-0.25, -0.2) is 0 Å². The summed E-state index contributed by atoms with van der Waals surface area (Å²) < 4.78 is 0. The van der Waals surface area contributed by atoms with Crippen LogP contribution in [0.5, 0.6) is 0 Å². The molecule has 0 bridgehead atoms. The summed E-state index contributed by atoms with van der Waals surface area (Å²) in [5.74, 6) is 0. The van der Waals surface area contributed by atoms with Crippen molar-refractivity contribution in [1.82, 2.24) is 4.90 Å². The number of nitrogens with zero attached hydrogens (tertiary/aromatic N) is 2. The Morgan fingerprint density at radius 3 is 2.61 bits per heavy atom. The predicted molar refractivity (Wildman–Crippen MR) is 74.9 cm³/mol. The van der Waals surface area contributed by atoms with E-state index in [0.29, 0.717) is 13.1 Å². The van der Waals surface area contributed by atoms with Gasteiger partial charge in [-0.05, 0) is 24.6 Å². The second-order valence-corrected chi connectivity index (χ2v) is 5.02. The lowest BCUT2D eigenvalue weighted by molar-refractivity contribution is 0.115. The average Bonchev–Trinajstić information content (AvgIpc) is 2.39. The molecule has 1 heterocycles. The fourth-order valence-electron chi connectivity index (χ4n) is 2.39. The molecule has 1 aromatic rings. The third-order valence-electron chi connectivity index (χ3n) is 3.48. The number of rotatable bonds is 4. The number of aryl methyl sites for hydroxylation is 1. The van der Waals surface area contributed by atoms with Crippen LogP contribution >= 0.6 is 0 Å². The smallest absolute Gasteiger partial charge is 0.0789 e. The highest BCUT2D eigenvalue weighted by Gasteiger charge is 2.18. The van der Waals surface area contributed by atoms with Gasteiger partial charge in [-0.15, -0.1) is 0 Å². The number of benzene rings is 1. The lowest BCUT2D eigenvalue weighted by Gasteiger charge is -2.36. The van der Waals surface area contributed by atoms with Crippen molar-refractivity contribution in [2.24, 2.45) is 5.73 Å². The van der Waals surface area contributed by atoms with Gasteiger partial charge in [-0.2, -0.15) is 0 Å². The summed E-state index contributed by atoms with van der Waals surface area (Å²) in [5.41, 5.74) is 8.04. The summed E-state index contributed by atoms with van der Waals surface area (Å²) in [4.78, 5) is 4.68. The molecule has 1 atom stereocenters. The quantitative estimate of drug-likeness (QED) is 0.813. The molecule has 0 spiro atoms. The van der Waals surface area contributed by atoms with Crippen LogP contribution in [0.1, 0.15) is 5.56 Å². The Balaban J connectivity index is 1.87. The van der Waals surface area contributed by atoms with E-state index in [1.165, 1.54) is 11.3 Å². The second kappa shape index (κ2) is 6.18. The van der Waals surface area contributed by atoms with E-state index in [1.54, 1.807) is 0 Å². The maximum absolute atomic E-state index is 9.55. The zero-order valence-electron chi connectivity index (χ0n) is 11.0. The first kappa shape index (κ1) is 13.3. The molecular weight excluding hydrogens is 226 g/mol. The molecule has 1 aliphatic rings. The van der Waals surface area contributed by atoms with Crippen LogP contribution in [0.4, 0.5) is 5.69 Å². The second-order valence-electron chi connectivity index (χ2n) is 5.02. The van der Waals surface area contributed by atoms with Gasteiger partial charge in [-0.3, -0.25) is 4.90 Å². The molecule has 4 nitrogen and oxygen atoms in total. The lowest BCUT2D eigenvalue weighted by Crippen LogP contribution is -2.49. The summed E-state index contributed by atoms with van der Waals surface area (Å²) in [6, 6.07) is 8.62. The van der Waals surface area contributed by atoms with Gasteiger partial charge >= 0.3 is 0 Å². The topological polar surface area (TPSA) is 52.7 Å². The van der Waals surface area contributed by atoms with Crippen molar-refractivity contribution in [3.63, 3.8) is 0 Å². The van der Waals surface area contributed by atoms with E-state index >= 15 is 0 Å². The summed E-state index contributed by atoms with van der Waals surface area (Å²) >= 11 is 0. The molecule has 4 heteroatoms. The van der Waals surface area contributed by atoms with E-state index in [4.69, 9.17) is 5.73 Å². The van der Waals surface area contributed by atoms with Gasteiger partial charge in [-0.1, -0.05) is 12.1 Å². The molecule has 3 N–H and O–H groups in total. The number of nitrogens with two attached hydrogens (primary N) is 1. The maximum Gasteiger partial charge on any atom is 0.0789 e. The average molecular weight is 249 g/mol. The molecule has 1 aromatic carbocycles. The SMILES string of the molecule is Cc1cccc(N2CCN(CC(O)CN)CC2)c1. The summed E-state index contributed by atoms with van der Waals surface area (Å²) in [5, 5.41) is 9.55. The molecule has 0 aliphatic carbocycles. The molecule has 18 heavy (non-hydrogen) atoms. The molecule has 1 aliphatic heterocycles. The number of hydrogen-bond acceptors (Lipinski definition) is 4. The van der Waals surface area contributed by atoms with Crippen LogP contribution in [-0.4, -0.2) is 55.4 Å². The molecule has 0 radical (unpaired) electrons. The molecule has 0 saturated carbocycles. The Morgan fingerprint density at radius 1 is 1.28 bits per heavy atom. The van der Waals surface area contributed by atoms with Crippen molar-refractivity contribution in [2.45, 2.75) is 13.0 Å². The summed E-state index contributed by atoms with van der Waals surface area (Å²) in [6.07, 6.45) is -0.393. The summed E-state index contributed by atoms with van der Waals surface area (Å²) in [6.45, 7) is 7.17. The number of piperazine rings is 1. The Labute approximate surface area is 109 Å². The van der Waals surface area contributed by atoms with E-state index in [0.717, 1.165) is 26.2 Å². The molecule has 2 rings (SSSR count). The van der Waals surface area contributed by atoms with Crippen molar-refractivity contribution in [2.75, 3.05) is 44.2 Å². The largest absolute Gasteiger partial charge is 0.390 e. The van der Waals surface area contributed by atoms with E-state index < -0.39 is 6.10 Å². The molecule has 1 unspecified atom stereocenters. The molecule has 1 fully saturated rings. The van der Waals surface area contributed by atoms with Crippen LogP contribution in [0.3, 0.4) is 0 Å². The minimum Gasteiger partial charge on any atom is -0.390 e.